The standard InChI is InChI=1S/C13H13N3O4S/c1-8-15-9(7-21-8)5-6-14-13(18)10-3-2-4-11(12(10)17)16(19)20/h2-4,7,17H,5-6H2,1H3,(H,14,18). The smallest absolute Gasteiger partial charge is 0.311 e. The molecule has 0 atom stereocenters. The maximum absolute atomic E-state index is 11.9. The SMILES string of the molecule is Cc1nc(CCNC(=O)c2cccc([N+](=O)[O-])c2O)cs1. The van der Waals surface area contributed by atoms with Crippen LogP contribution in [-0.2, 0) is 6.42 Å². The molecule has 2 N–H and O–H groups in total. The number of hydrogen-bond donors (Lipinski definition) is 2. The number of nitro groups is 1. The molecular formula is C13H13N3O4S. The number of nitro benzene ring substituents is 1. The minimum absolute atomic E-state index is 0.112. The van der Waals surface area contributed by atoms with Gasteiger partial charge in [0, 0.05) is 24.4 Å². The van der Waals surface area contributed by atoms with Gasteiger partial charge in [-0.05, 0) is 13.0 Å². The summed E-state index contributed by atoms with van der Waals surface area (Å²) < 4.78 is 0. The monoisotopic (exact) mass is 307 g/mol. The molecule has 0 saturated heterocycles. The molecule has 0 aliphatic rings. The van der Waals surface area contributed by atoms with Crippen molar-refractivity contribution in [1.82, 2.24) is 10.3 Å². The van der Waals surface area contributed by atoms with E-state index in [0.29, 0.717) is 13.0 Å². The minimum atomic E-state index is -0.732. The molecular weight excluding hydrogens is 294 g/mol. The lowest BCUT2D eigenvalue weighted by atomic mass is 10.1. The highest BCUT2D eigenvalue weighted by molar-refractivity contribution is 7.09. The van der Waals surface area contributed by atoms with E-state index in [9.17, 15) is 20.0 Å². The number of aromatic hydroxyl groups is 1. The summed E-state index contributed by atoms with van der Waals surface area (Å²) in [5.74, 6) is -1.17. The number of aryl methyl sites for hydroxylation is 1. The van der Waals surface area contributed by atoms with Crippen molar-refractivity contribution < 1.29 is 14.8 Å². The van der Waals surface area contributed by atoms with Crippen LogP contribution in [0, 0.1) is 17.0 Å². The van der Waals surface area contributed by atoms with Gasteiger partial charge in [-0.2, -0.15) is 0 Å². The number of thiazole rings is 1. The van der Waals surface area contributed by atoms with Gasteiger partial charge in [0.2, 0.25) is 5.75 Å². The lowest BCUT2D eigenvalue weighted by Crippen LogP contribution is -2.25. The van der Waals surface area contributed by atoms with Crippen LogP contribution in [0.5, 0.6) is 5.75 Å². The Hall–Kier alpha value is -2.48. The van der Waals surface area contributed by atoms with E-state index >= 15 is 0 Å². The third-order valence-corrected chi connectivity index (χ3v) is 3.61. The first-order valence-corrected chi connectivity index (χ1v) is 7.02. The number of nitrogens with zero attached hydrogens (tertiary/aromatic N) is 2. The van der Waals surface area contributed by atoms with Gasteiger partial charge in [-0.3, -0.25) is 14.9 Å². The van der Waals surface area contributed by atoms with Gasteiger partial charge in [0.15, 0.2) is 0 Å². The normalized spacial score (nSPS) is 10.3. The van der Waals surface area contributed by atoms with E-state index in [4.69, 9.17) is 0 Å². The fourth-order valence-electron chi connectivity index (χ4n) is 1.78. The average Bonchev–Trinajstić information content (AvgIpc) is 2.84. The van der Waals surface area contributed by atoms with Crippen molar-refractivity contribution in [2.75, 3.05) is 6.54 Å². The summed E-state index contributed by atoms with van der Waals surface area (Å²) in [5.41, 5.74) is 0.275. The predicted octanol–water partition coefficient (Wildman–Crippen LogP) is 2.04. The van der Waals surface area contributed by atoms with Crippen LogP contribution in [0.2, 0.25) is 0 Å². The molecule has 1 aromatic heterocycles. The Balaban J connectivity index is 2.00. The number of aromatic nitrogens is 1. The zero-order valence-electron chi connectivity index (χ0n) is 11.2. The van der Waals surface area contributed by atoms with Crippen molar-refractivity contribution in [1.29, 1.82) is 0 Å². The average molecular weight is 307 g/mol. The zero-order chi connectivity index (χ0) is 15.4. The van der Waals surface area contributed by atoms with Crippen LogP contribution in [0.4, 0.5) is 5.69 Å². The molecule has 7 nitrogen and oxygen atoms in total. The highest BCUT2D eigenvalue weighted by Gasteiger charge is 2.20. The summed E-state index contributed by atoms with van der Waals surface area (Å²) in [6, 6.07) is 3.84. The van der Waals surface area contributed by atoms with E-state index in [1.54, 1.807) is 0 Å². The fraction of sp³-hybridized carbons (Fsp3) is 0.231. The van der Waals surface area contributed by atoms with Crippen molar-refractivity contribution in [2.45, 2.75) is 13.3 Å². The topological polar surface area (TPSA) is 105 Å². The molecule has 0 unspecified atom stereocenters. The van der Waals surface area contributed by atoms with Crippen molar-refractivity contribution in [2.24, 2.45) is 0 Å². The molecule has 0 spiro atoms. The Kier molecular flexibility index (Phi) is 4.49. The summed E-state index contributed by atoms with van der Waals surface area (Å²) in [5, 5.41) is 25.9. The zero-order valence-corrected chi connectivity index (χ0v) is 12.0. The van der Waals surface area contributed by atoms with Gasteiger partial charge in [0.1, 0.15) is 0 Å². The van der Waals surface area contributed by atoms with Crippen LogP contribution in [0.3, 0.4) is 0 Å². The number of para-hydroxylation sites is 1. The van der Waals surface area contributed by atoms with Gasteiger partial charge in [-0.1, -0.05) is 6.07 Å². The Morgan fingerprint density at radius 3 is 2.90 bits per heavy atom. The van der Waals surface area contributed by atoms with E-state index in [1.807, 2.05) is 12.3 Å². The highest BCUT2D eigenvalue weighted by atomic mass is 32.1. The van der Waals surface area contributed by atoms with E-state index in [-0.39, 0.29) is 5.56 Å². The van der Waals surface area contributed by atoms with Crippen molar-refractivity contribution in [3.05, 3.63) is 50.0 Å². The molecule has 1 heterocycles. The molecule has 2 rings (SSSR count). The maximum Gasteiger partial charge on any atom is 0.311 e. The summed E-state index contributed by atoms with van der Waals surface area (Å²) in [7, 11) is 0. The van der Waals surface area contributed by atoms with E-state index < -0.39 is 22.3 Å². The third-order valence-electron chi connectivity index (χ3n) is 2.79. The molecule has 110 valence electrons. The molecule has 0 aliphatic heterocycles. The van der Waals surface area contributed by atoms with Crippen LogP contribution < -0.4 is 5.32 Å². The molecule has 0 saturated carbocycles. The van der Waals surface area contributed by atoms with Crippen molar-refractivity contribution in [3.8, 4) is 5.75 Å². The lowest BCUT2D eigenvalue weighted by Gasteiger charge is -2.06. The van der Waals surface area contributed by atoms with E-state index in [2.05, 4.69) is 10.3 Å². The second-order valence-electron chi connectivity index (χ2n) is 4.29. The first-order valence-electron chi connectivity index (χ1n) is 6.14. The summed E-state index contributed by atoms with van der Waals surface area (Å²) in [4.78, 5) is 26.2. The van der Waals surface area contributed by atoms with E-state index in [0.717, 1.165) is 16.8 Å². The third kappa shape index (κ3) is 3.54. The second-order valence-corrected chi connectivity index (χ2v) is 5.36. The molecule has 0 bridgehead atoms. The number of nitrogens with one attached hydrogen (secondary N) is 1. The first kappa shape index (κ1) is 14.9. The van der Waals surface area contributed by atoms with Gasteiger partial charge < -0.3 is 10.4 Å². The van der Waals surface area contributed by atoms with Crippen LogP contribution in [-0.4, -0.2) is 27.5 Å². The largest absolute Gasteiger partial charge is 0.502 e. The fourth-order valence-corrected chi connectivity index (χ4v) is 2.43. The van der Waals surface area contributed by atoms with Crippen molar-refractivity contribution >= 4 is 22.9 Å². The maximum atomic E-state index is 11.9. The number of phenolic OH excluding ortho intramolecular Hbond substituents is 1. The highest BCUT2D eigenvalue weighted by Crippen LogP contribution is 2.28. The second kappa shape index (κ2) is 6.31. The number of amides is 1. The molecule has 2 aromatic rings. The lowest BCUT2D eigenvalue weighted by molar-refractivity contribution is -0.385. The summed E-state index contributed by atoms with van der Waals surface area (Å²) in [6.45, 7) is 2.23. The summed E-state index contributed by atoms with van der Waals surface area (Å²) >= 11 is 1.53. The molecule has 1 aromatic carbocycles. The van der Waals surface area contributed by atoms with Crippen LogP contribution >= 0.6 is 11.3 Å². The number of carbonyl (C=O) groups excluding carboxylic acids is 1. The quantitative estimate of drug-likeness (QED) is 0.649. The number of rotatable bonds is 5. The molecule has 0 aliphatic carbocycles. The molecule has 0 radical (unpaired) electrons. The van der Waals surface area contributed by atoms with Gasteiger partial charge in [-0.15, -0.1) is 11.3 Å². The van der Waals surface area contributed by atoms with Gasteiger partial charge in [0.05, 0.1) is 21.2 Å². The molecule has 8 heteroatoms. The Morgan fingerprint density at radius 1 is 1.52 bits per heavy atom. The molecule has 0 fully saturated rings. The van der Waals surface area contributed by atoms with Crippen LogP contribution in [0.1, 0.15) is 21.1 Å². The Bertz CT molecular complexity index is 684. The molecule has 21 heavy (non-hydrogen) atoms. The number of benzene rings is 1. The number of phenols is 1. The predicted molar refractivity (Wildman–Crippen MR) is 77.6 cm³/mol. The molecule has 1 amide bonds. The Morgan fingerprint density at radius 2 is 2.29 bits per heavy atom. The first-order chi connectivity index (χ1) is 9.99. The van der Waals surface area contributed by atoms with Gasteiger partial charge in [0.25, 0.3) is 5.91 Å². The summed E-state index contributed by atoms with van der Waals surface area (Å²) in [6.07, 6.45) is 0.561. The number of hydrogen-bond acceptors (Lipinski definition) is 6. The van der Waals surface area contributed by atoms with Gasteiger partial charge >= 0.3 is 5.69 Å². The Labute approximate surface area is 124 Å². The van der Waals surface area contributed by atoms with Gasteiger partial charge in [-0.25, -0.2) is 4.98 Å². The number of carbonyl (C=O) groups is 1. The minimum Gasteiger partial charge on any atom is -0.502 e. The van der Waals surface area contributed by atoms with E-state index in [1.165, 1.54) is 23.5 Å². The van der Waals surface area contributed by atoms with Crippen LogP contribution in [0.15, 0.2) is 23.6 Å². The van der Waals surface area contributed by atoms with Crippen LogP contribution in [0.25, 0.3) is 0 Å². The van der Waals surface area contributed by atoms with Crippen molar-refractivity contribution in [3.63, 3.8) is 0 Å².